The number of halogens is 2. The van der Waals surface area contributed by atoms with E-state index in [9.17, 15) is 22.6 Å². The number of carbonyl (C=O) groups is 2. The van der Waals surface area contributed by atoms with E-state index < -0.39 is 21.8 Å². The van der Waals surface area contributed by atoms with Crippen LogP contribution in [0.4, 0.5) is 5.69 Å². The van der Waals surface area contributed by atoms with Gasteiger partial charge in [0.1, 0.15) is 0 Å². The van der Waals surface area contributed by atoms with Crippen molar-refractivity contribution in [3.05, 3.63) is 87.9 Å². The SMILES string of the molecule is CC(C)(C)C1CCC(C(Cc2ccc(C(=O)NCCS(=O)(=O)[O-])cc2)C(=O)Nc2ccc(-c3ccc(Cl)cc3Cl)cc2)CC1.[Na+]. The average Bonchev–Trinajstić information content (AvgIpc) is 2.95. The molecule has 0 aliphatic heterocycles. The molecule has 7 nitrogen and oxygen atoms in total. The van der Waals surface area contributed by atoms with Crippen LogP contribution in [0.3, 0.4) is 0 Å². The number of nitrogens with one attached hydrogen (secondary N) is 2. The number of hydrogen-bond acceptors (Lipinski definition) is 5. The molecule has 0 saturated heterocycles. The first-order chi connectivity index (χ1) is 20.7. The van der Waals surface area contributed by atoms with E-state index in [-0.39, 0.29) is 59.3 Å². The van der Waals surface area contributed by atoms with Crippen LogP contribution in [0.5, 0.6) is 0 Å². The van der Waals surface area contributed by atoms with Crippen LogP contribution in [0.2, 0.25) is 10.0 Å². The number of benzene rings is 3. The van der Waals surface area contributed by atoms with Crippen LogP contribution in [0.25, 0.3) is 11.1 Å². The molecule has 3 aromatic rings. The molecular weight excluding hydrogens is 642 g/mol. The maximum absolute atomic E-state index is 13.8. The Balaban J connectivity index is 0.00000552. The monoisotopic (exact) mass is 680 g/mol. The molecule has 1 fully saturated rings. The Morgan fingerprint density at radius 2 is 1.56 bits per heavy atom. The molecule has 0 bridgehead atoms. The van der Waals surface area contributed by atoms with Crippen molar-refractivity contribution in [2.24, 2.45) is 23.2 Å². The van der Waals surface area contributed by atoms with Crippen molar-refractivity contribution >= 4 is 50.8 Å². The van der Waals surface area contributed by atoms with Gasteiger partial charge >= 0.3 is 29.6 Å². The van der Waals surface area contributed by atoms with E-state index >= 15 is 0 Å². The molecule has 4 rings (SSSR count). The van der Waals surface area contributed by atoms with Gasteiger partial charge in [0.2, 0.25) is 5.91 Å². The van der Waals surface area contributed by atoms with Gasteiger partial charge in [-0.2, -0.15) is 0 Å². The Morgan fingerprint density at radius 1 is 0.933 bits per heavy atom. The summed E-state index contributed by atoms with van der Waals surface area (Å²) < 4.78 is 32.4. The molecule has 11 heteroatoms. The molecule has 0 heterocycles. The second-order valence-corrected chi connectivity index (χ2v) is 15.1. The molecule has 236 valence electrons. The van der Waals surface area contributed by atoms with Crippen molar-refractivity contribution in [3.8, 4) is 11.1 Å². The van der Waals surface area contributed by atoms with Crippen LogP contribution < -0.4 is 40.2 Å². The zero-order chi connectivity index (χ0) is 32.1. The van der Waals surface area contributed by atoms with Crippen LogP contribution in [0.15, 0.2) is 66.7 Å². The predicted octanol–water partition coefficient (Wildman–Crippen LogP) is 4.59. The van der Waals surface area contributed by atoms with Crippen LogP contribution in [0.1, 0.15) is 62.4 Å². The normalized spacial score (nSPS) is 17.6. The minimum absolute atomic E-state index is 0. The van der Waals surface area contributed by atoms with E-state index in [4.69, 9.17) is 23.2 Å². The van der Waals surface area contributed by atoms with Gasteiger partial charge in [-0.25, -0.2) is 8.42 Å². The molecule has 0 aromatic heterocycles. The Bertz CT molecular complexity index is 1570. The molecule has 3 aromatic carbocycles. The third kappa shape index (κ3) is 11.1. The standard InChI is InChI=1S/C34H40Cl2N2O5S.Na/c1-34(2,3)26-12-8-24(9-13-26)30(20-22-4-6-25(7-5-22)32(39)37-18-19-44(41,42)43)33(40)38-28-15-10-23(11-16-28)29-17-14-27(35)21-31(29)36;/h4-7,10-11,14-17,21,24,26,30H,8-9,12-13,18-20H2,1-3H3,(H,37,39)(H,38,40)(H,41,42,43);/q;+1/p-1. The summed E-state index contributed by atoms with van der Waals surface area (Å²) in [4.78, 5) is 26.2. The van der Waals surface area contributed by atoms with E-state index in [1.807, 2.05) is 42.5 Å². The van der Waals surface area contributed by atoms with Crippen LogP contribution in [-0.2, 0) is 21.3 Å². The fraction of sp³-hybridized carbons (Fsp3) is 0.412. The third-order valence-electron chi connectivity index (χ3n) is 8.61. The number of amides is 2. The van der Waals surface area contributed by atoms with Gasteiger partial charge in [-0.3, -0.25) is 9.59 Å². The van der Waals surface area contributed by atoms with Gasteiger partial charge in [-0.1, -0.05) is 74.3 Å². The van der Waals surface area contributed by atoms with Crippen molar-refractivity contribution in [2.45, 2.75) is 52.9 Å². The summed E-state index contributed by atoms with van der Waals surface area (Å²) in [5, 5.41) is 6.71. The van der Waals surface area contributed by atoms with Crippen molar-refractivity contribution in [1.29, 1.82) is 0 Å². The maximum Gasteiger partial charge on any atom is 1.00 e. The van der Waals surface area contributed by atoms with E-state index in [0.29, 0.717) is 33.6 Å². The van der Waals surface area contributed by atoms with E-state index in [0.717, 1.165) is 42.4 Å². The molecule has 0 spiro atoms. The Labute approximate surface area is 298 Å². The van der Waals surface area contributed by atoms with E-state index in [2.05, 4.69) is 31.4 Å². The van der Waals surface area contributed by atoms with Gasteiger partial charge in [-0.15, -0.1) is 0 Å². The summed E-state index contributed by atoms with van der Waals surface area (Å²) >= 11 is 12.4. The summed E-state index contributed by atoms with van der Waals surface area (Å²) in [5.74, 6) is -0.589. The summed E-state index contributed by atoms with van der Waals surface area (Å²) in [5.41, 5.74) is 3.98. The van der Waals surface area contributed by atoms with Crippen molar-refractivity contribution in [1.82, 2.24) is 5.32 Å². The topological polar surface area (TPSA) is 115 Å². The molecule has 0 radical (unpaired) electrons. The second kappa shape index (κ2) is 16.3. The fourth-order valence-corrected chi connectivity index (χ4v) is 6.86. The zero-order valence-corrected chi connectivity index (χ0v) is 30.6. The molecule has 45 heavy (non-hydrogen) atoms. The smallest absolute Gasteiger partial charge is 0.748 e. The number of anilines is 1. The second-order valence-electron chi connectivity index (χ2n) is 12.7. The minimum atomic E-state index is -4.41. The number of carbonyl (C=O) groups excluding carboxylic acids is 2. The van der Waals surface area contributed by atoms with Crippen molar-refractivity contribution in [2.75, 3.05) is 17.6 Å². The fourth-order valence-electron chi connectivity index (χ4n) is 5.99. The van der Waals surface area contributed by atoms with Gasteiger partial charge in [0.15, 0.2) is 0 Å². The summed E-state index contributed by atoms with van der Waals surface area (Å²) in [7, 11) is -4.41. The Morgan fingerprint density at radius 3 is 2.11 bits per heavy atom. The quantitative estimate of drug-likeness (QED) is 0.240. The van der Waals surface area contributed by atoms with Gasteiger partial charge in [-0.05, 0) is 96.9 Å². The predicted molar refractivity (Wildman–Crippen MR) is 176 cm³/mol. The minimum Gasteiger partial charge on any atom is -0.748 e. The van der Waals surface area contributed by atoms with Crippen LogP contribution in [0, 0.1) is 23.2 Å². The first-order valence-corrected chi connectivity index (χ1v) is 17.2. The average molecular weight is 682 g/mol. The van der Waals surface area contributed by atoms with Crippen molar-refractivity contribution in [3.63, 3.8) is 0 Å². The number of hydrogen-bond donors (Lipinski definition) is 2. The third-order valence-corrected chi connectivity index (χ3v) is 9.86. The molecule has 1 aliphatic rings. The number of rotatable bonds is 10. The Kier molecular flexibility index (Phi) is 13.6. The summed E-state index contributed by atoms with van der Waals surface area (Å²) in [6.07, 6.45) is 4.61. The van der Waals surface area contributed by atoms with Gasteiger partial charge in [0.25, 0.3) is 5.91 Å². The van der Waals surface area contributed by atoms with Gasteiger partial charge < -0.3 is 15.2 Å². The zero-order valence-electron chi connectivity index (χ0n) is 26.2. The summed E-state index contributed by atoms with van der Waals surface area (Å²) in [6.45, 7) is 6.58. The largest absolute Gasteiger partial charge is 1.00 e. The molecule has 1 aliphatic carbocycles. The van der Waals surface area contributed by atoms with Crippen molar-refractivity contribution < 1.29 is 52.1 Å². The van der Waals surface area contributed by atoms with Crippen LogP contribution >= 0.6 is 23.2 Å². The molecular formula is C34H39Cl2N2NaO5S. The molecule has 1 atom stereocenters. The molecule has 2 amide bonds. The summed E-state index contributed by atoms with van der Waals surface area (Å²) in [6, 6.07) is 19.9. The first-order valence-electron chi connectivity index (χ1n) is 14.9. The molecule has 1 saturated carbocycles. The van der Waals surface area contributed by atoms with Gasteiger partial charge in [0, 0.05) is 39.3 Å². The molecule has 1 unspecified atom stereocenters. The van der Waals surface area contributed by atoms with E-state index in [1.165, 1.54) is 0 Å². The Hall–Kier alpha value is -1.91. The maximum atomic E-state index is 13.8. The first kappa shape index (κ1) is 37.5. The van der Waals surface area contributed by atoms with E-state index in [1.54, 1.807) is 24.3 Å². The molecule has 2 N–H and O–H groups in total. The van der Waals surface area contributed by atoms with Crippen LogP contribution in [-0.4, -0.2) is 37.1 Å². The van der Waals surface area contributed by atoms with Gasteiger partial charge in [0.05, 0.1) is 15.9 Å².